The molecule has 5 atom stereocenters. The SMILES string of the molecule is OC[C@H]1O[C@@H](Oc2ccccc2Cc2ccccc2O)[C@H](O)[C@@H](O)[C@@H]1O. The van der Waals surface area contributed by atoms with Crippen molar-refractivity contribution in [2.24, 2.45) is 0 Å². The zero-order valence-electron chi connectivity index (χ0n) is 14.0. The summed E-state index contributed by atoms with van der Waals surface area (Å²) in [6.45, 7) is -0.523. The molecule has 7 nitrogen and oxygen atoms in total. The molecule has 1 aliphatic heterocycles. The van der Waals surface area contributed by atoms with Crippen LogP contribution in [0.5, 0.6) is 11.5 Å². The van der Waals surface area contributed by atoms with Gasteiger partial charge in [-0.3, -0.25) is 0 Å². The van der Waals surface area contributed by atoms with Crippen LogP contribution >= 0.6 is 0 Å². The van der Waals surface area contributed by atoms with E-state index >= 15 is 0 Å². The van der Waals surface area contributed by atoms with E-state index < -0.39 is 37.3 Å². The molecular weight excluding hydrogens is 340 g/mol. The summed E-state index contributed by atoms with van der Waals surface area (Å²) in [6, 6.07) is 14.0. The second kappa shape index (κ2) is 8.03. The zero-order chi connectivity index (χ0) is 18.7. The Hall–Kier alpha value is -2.16. The van der Waals surface area contributed by atoms with Gasteiger partial charge in [-0.05, 0) is 23.3 Å². The minimum Gasteiger partial charge on any atom is -0.508 e. The standard InChI is InChI=1S/C19H22O7/c20-10-15-16(22)17(23)18(24)19(26-15)25-14-8-4-2-6-12(14)9-11-5-1-3-7-13(11)21/h1-8,15-24H,9-10H2/t15-,16-,17+,18-,19-/m1/s1. The number of rotatable bonds is 5. The number of hydrogen-bond donors (Lipinski definition) is 5. The highest BCUT2D eigenvalue weighted by Crippen LogP contribution is 2.29. The van der Waals surface area contributed by atoms with Gasteiger partial charge in [0, 0.05) is 6.42 Å². The fraction of sp³-hybridized carbons (Fsp3) is 0.368. The number of benzene rings is 2. The summed E-state index contributed by atoms with van der Waals surface area (Å²) in [6.07, 6.45) is -6.33. The van der Waals surface area contributed by atoms with Crippen LogP contribution in [0.4, 0.5) is 0 Å². The number of ether oxygens (including phenoxy) is 2. The molecule has 0 amide bonds. The quantitative estimate of drug-likeness (QED) is 0.514. The molecule has 5 N–H and O–H groups in total. The van der Waals surface area contributed by atoms with E-state index in [1.807, 2.05) is 18.2 Å². The van der Waals surface area contributed by atoms with E-state index in [1.165, 1.54) is 0 Å². The molecular formula is C19H22O7. The van der Waals surface area contributed by atoms with Crippen molar-refractivity contribution in [1.82, 2.24) is 0 Å². The van der Waals surface area contributed by atoms with Crippen LogP contribution in [0.3, 0.4) is 0 Å². The van der Waals surface area contributed by atoms with Crippen LogP contribution in [0.2, 0.25) is 0 Å². The normalized spacial score (nSPS) is 28.7. The van der Waals surface area contributed by atoms with Gasteiger partial charge in [0.1, 0.15) is 35.9 Å². The second-order valence-corrected chi connectivity index (χ2v) is 6.23. The average molecular weight is 362 g/mol. The number of aliphatic hydroxyl groups excluding tert-OH is 4. The fourth-order valence-corrected chi connectivity index (χ4v) is 2.92. The molecule has 1 heterocycles. The summed E-state index contributed by atoms with van der Waals surface area (Å²) in [4.78, 5) is 0. The van der Waals surface area contributed by atoms with Crippen molar-refractivity contribution in [2.75, 3.05) is 6.61 Å². The molecule has 0 saturated carbocycles. The second-order valence-electron chi connectivity index (χ2n) is 6.23. The summed E-state index contributed by atoms with van der Waals surface area (Å²) in [5.74, 6) is 0.565. The van der Waals surface area contributed by atoms with Gasteiger partial charge in [0.25, 0.3) is 0 Å². The van der Waals surface area contributed by atoms with E-state index in [0.29, 0.717) is 17.7 Å². The summed E-state index contributed by atoms with van der Waals surface area (Å²) in [5.41, 5.74) is 1.45. The Morgan fingerprint density at radius 3 is 2.19 bits per heavy atom. The van der Waals surface area contributed by atoms with Gasteiger partial charge in [0.2, 0.25) is 6.29 Å². The first-order chi connectivity index (χ1) is 12.5. The Labute approximate surface area is 150 Å². The Morgan fingerprint density at radius 2 is 1.50 bits per heavy atom. The van der Waals surface area contributed by atoms with Crippen LogP contribution in [0.15, 0.2) is 48.5 Å². The summed E-state index contributed by atoms with van der Waals surface area (Å²) in [7, 11) is 0. The topological polar surface area (TPSA) is 120 Å². The number of hydrogen-bond acceptors (Lipinski definition) is 7. The van der Waals surface area contributed by atoms with E-state index in [-0.39, 0.29) is 5.75 Å². The molecule has 0 aromatic heterocycles. The molecule has 1 aliphatic rings. The lowest BCUT2D eigenvalue weighted by Crippen LogP contribution is -2.60. The molecule has 2 aromatic carbocycles. The molecule has 0 radical (unpaired) electrons. The Morgan fingerprint density at radius 1 is 0.846 bits per heavy atom. The molecule has 1 saturated heterocycles. The minimum atomic E-state index is -1.50. The monoisotopic (exact) mass is 362 g/mol. The van der Waals surface area contributed by atoms with Gasteiger partial charge in [-0.15, -0.1) is 0 Å². The number of phenolic OH excluding ortho intramolecular Hbond substituents is 1. The van der Waals surface area contributed by atoms with E-state index in [9.17, 15) is 25.5 Å². The predicted octanol–water partition coefficient (Wildman–Crippen LogP) is 0.162. The lowest BCUT2D eigenvalue weighted by atomic mass is 9.99. The average Bonchev–Trinajstić information content (AvgIpc) is 2.65. The largest absolute Gasteiger partial charge is 0.508 e. The lowest BCUT2D eigenvalue weighted by molar-refractivity contribution is -0.277. The molecule has 26 heavy (non-hydrogen) atoms. The molecule has 140 valence electrons. The third-order valence-corrected chi connectivity index (χ3v) is 4.44. The van der Waals surface area contributed by atoms with E-state index in [4.69, 9.17) is 9.47 Å². The third kappa shape index (κ3) is 3.82. The smallest absolute Gasteiger partial charge is 0.229 e. The number of aromatic hydroxyl groups is 1. The van der Waals surface area contributed by atoms with Crippen molar-refractivity contribution in [2.45, 2.75) is 37.1 Å². The van der Waals surface area contributed by atoms with Crippen molar-refractivity contribution in [3.05, 3.63) is 59.7 Å². The van der Waals surface area contributed by atoms with E-state index in [1.54, 1.807) is 30.3 Å². The van der Waals surface area contributed by atoms with Crippen molar-refractivity contribution < 1.29 is 35.0 Å². The van der Waals surface area contributed by atoms with Gasteiger partial charge in [-0.1, -0.05) is 36.4 Å². The molecule has 0 aliphatic carbocycles. The highest BCUT2D eigenvalue weighted by atomic mass is 16.7. The fourth-order valence-electron chi connectivity index (χ4n) is 2.92. The molecule has 0 unspecified atom stereocenters. The maximum Gasteiger partial charge on any atom is 0.229 e. The highest BCUT2D eigenvalue weighted by molar-refractivity contribution is 5.41. The zero-order valence-corrected chi connectivity index (χ0v) is 14.0. The highest BCUT2D eigenvalue weighted by Gasteiger charge is 2.44. The Kier molecular flexibility index (Phi) is 5.75. The van der Waals surface area contributed by atoms with Crippen molar-refractivity contribution >= 4 is 0 Å². The van der Waals surface area contributed by atoms with Gasteiger partial charge in [-0.25, -0.2) is 0 Å². The maximum atomic E-state index is 10.1. The molecule has 0 bridgehead atoms. The van der Waals surface area contributed by atoms with Crippen LogP contribution in [-0.4, -0.2) is 62.8 Å². The number of para-hydroxylation sites is 2. The van der Waals surface area contributed by atoms with Crippen LogP contribution in [0.25, 0.3) is 0 Å². The molecule has 1 fully saturated rings. The van der Waals surface area contributed by atoms with Gasteiger partial charge < -0.3 is 35.0 Å². The number of phenols is 1. The maximum absolute atomic E-state index is 10.1. The summed E-state index contributed by atoms with van der Waals surface area (Å²) < 4.78 is 11.1. The van der Waals surface area contributed by atoms with Crippen molar-refractivity contribution in [3.63, 3.8) is 0 Å². The first-order valence-electron chi connectivity index (χ1n) is 8.33. The summed E-state index contributed by atoms with van der Waals surface area (Å²) in [5, 5.41) is 49.1. The lowest BCUT2D eigenvalue weighted by Gasteiger charge is -2.39. The minimum absolute atomic E-state index is 0.162. The first kappa shape index (κ1) is 18.6. The molecule has 2 aromatic rings. The van der Waals surface area contributed by atoms with Gasteiger partial charge >= 0.3 is 0 Å². The Bertz CT molecular complexity index is 733. The van der Waals surface area contributed by atoms with Crippen LogP contribution in [0, 0.1) is 0 Å². The molecule has 0 spiro atoms. The Balaban J connectivity index is 1.81. The van der Waals surface area contributed by atoms with Gasteiger partial charge in [-0.2, -0.15) is 0 Å². The number of aliphatic hydroxyl groups is 4. The molecule has 3 rings (SSSR count). The van der Waals surface area contributed by atoms with Crippen LogP contribution in [0.1, 0.15) is 11.1 Å². The predicted molar refractivity (Wildman–Crippen MR) is 91.8 cm³/mol. The van der Waals surface area contributed by atoms with Gasteiger partial charge in [0.15, 0.2) is 0 Å². The molecule has 7 heteroatoms. The third-order valence-electron chi connectivity index (χ3n) is 4.44. The van der Waals surface area contributed by atoms with Gasteiger partial charge in [0.05, 0.1) is 6.61 Å². The van der Waals surface area contributed by atoms with E-state index in [0.717, 1.165) is 5.56 Å². The van der Waals surface area contributed by atoms with Crippen LogP contribution in [-0.2, 0) is 11.2 Å². The summed E-state index contributed by atoms with van der Waals surface area (Å²) >= 11 is 0. The van der Waals surface area contributed by atoms with Crippen molar-refractivity contribution in [1.29, 1.82) is 0 Å². The van der Waals surface area contributed by atoms with Crippen molar-refractivity contribution in [3.8, 4) is 11.5 Å². The van der Waals surface area contributed by atoms with Crippen LogP contribution < -0.4 is 4.74 Å². The van der Waals surface area contributed by atoms with E-state index in [2.05, 4.69) is 0 Å². The first-order valence-corrected chi connectivity index (χ1v) is 8.33.